The molecule has 0 bridgehead atoms. The molecule has 5 nitrogen and oxygen atoms in total. The predicted octanol–water partition coefficient (Wildman–Crippen LogP) is 1.20. The molecule has 1 aromatic carbocycles. The molecular formula is C16H17N3O2S. The van der Waals surface area contributed by atoms with Crippen molar-refractivity contribution in [3.8, 4) is 12.3 Å². The lowest BCUT2D eigenvalue weighted by Gasteiger charge is -2.21. The first kappa shape index (κ1) is 15.0. The number of benzene rings is 1. The van der Waals surface area contributed by atoms with Crippen LogP contribution in [-0.2, 0) is 10.0 Å². The lowest BCUT2D eigenvalue weighted by atomic mass is 10.1. The predicted molar refractivity (Wildman–Crippen MR) is 85.9 cm³/mol. The van der Waals surface area contributed by atoms with E-state index in [0.29, 0.717) is 30.6 Å². The van der Waals surface area contributed by atoms with Gasteiger partial charge in [-0.2, -0.15) is 4.31 Å². The lowest BCUT2D eigenvalue weighted by Crippen LogP contribution is -2.34. The molecule has 2 aromatic rings. The van der Waals surface area contributed by atoms with Crippen LogP contribution in [0, 0.1) is 12.3 Å². The van der Waals surface area contributed by atoms with Crippen LogP contribution in [0.3, 0.4) is 0 Å². The van der Waals surface area contributed by atoms with Gasteiger partial charge in [-0.3, -0.25) is 4.98 Å². The molecule has 1 saturated heterocycles. The number of hydrogen-bond donors (Lipinski definition) is 1. The van der Waals surface area contributed by atoms with Crippen molar-refractivity contribution in [3.63, 3.8) is 0 Å². The molecule has 114 valence electrons. The number of rotatable bonds is 2. The molecule has 0 radical (unpaired) electrons. The summed E-state index contributed by atoms with van der Waals surface area (Å²) in [5.41, 5.74) is 0.504. The highest BCUT2D eigenvalue weighted by Crippen LogP contribution is 2.28. The Labute approximate surface area is 130 Å². The third kappa shape index (κ3) is 2.59. The van der Waals surface area contributed by atoms with Gasteiger partial charge < -0.3 is 5.32 Å². The Morgan fingerprint density at radius 2 is 2.09 bits per heavy atom. The van der Waals surface area contributed by atoms with Crippen LogP contribution >= 0.6 is 0 Å². The van der Waals surface area contributed by atoms with Gasteiger partial charge in [0.2, 0.25) is 10.0 Å². The van der Waals surface area contributed by atoms with Crippen LogP contribution in [-0.4, -0.2) is 43.9 Å². The Hall–Kier alpha value is -1.94. The SMILES string of the molecule is C#Cc1cncc2cccc(S(=O)(=O)N3CCCNCC3)c12. The number of pyridine rings is 1. The van der Waals surface area contributed by atoms with Gasteiger partial charge in [-0.25, -0.2) is 8.42 Å². The molecule has 22 heavy (non-hydrogen) atoms. The minimum atomic E-state index is -3.57. The average molecular weight is 315 g/mol. The Morgan fingerprint density at radius 3 is 2.91 bits per heavy atom. The van der Waals surface area contributed by atoms with Crippen molar-refractivity contribution in [3.05, 3.63) is 36.2 Å². The van der Waals surface area contributed by atoms with Crippen LogP contribution in [0.15, 0.2) is 35.5 Å². The van der Waals surface area contributed by atoms with Crippen molar-refractivity contribution in [2.75, 3.05) is 26.2 Å². The van der Waals surface area contributed by atoms with Crippen molar-refractivity contribution in [1.29, 1.82) is 0 Å². The quantitative estimate of drug-likeness (QED) is 0.846. The zero-order chi connectivity index (χ0) is 15.6. The average Bonchev–Trinajstić information content (AvgIpc) is 2.83. The third-order valence-corrected chi connectivity index (χ3v) is 5.76. The molecular weight excluding hydrogens is 298 g/mol. The number of fused-ring (bicyclic) bond motifs is 1. The van der Waals surface area contributed by atoms with E-state index >= 15 is 0 Å². The van der Waals surface area contributed by atoms with Crippen molar-refractivity contribution in [2.24, 2.45) is 0 Å². The largest absolute Gasteiger partial charge is 0.315 e. The number of sulfonamides is 1. The van der Waals surface area contributed by atoms with E-state index < -0.39 is 10.0 Å². The van der Waals surface area contributed by atoms with Crippen LogP contribution in [0.4, 0.5) is 0 Å². The fourth-order valence-electron chi connectivity index (χ4n) is 2.73. The summed E-state index contributed by atoms with van der Waals surface area (Å²) >= 11 is 0. The maximum atomic E-state index is 13.0. The van der Waals surface area contributed by atoms with Gasteiger partial charge in [0.25, 0.3) is 0 Å². The van der Waals surface area contributed by atoms with Gasteiger partial charge in [0, 0.05) is 42.8 Å². The van der Waals surface area contributed by atoms with Crippen molar-refractivity contribution in [2.45, 2.75) is 11.3 Å². The summed E-state index contributed by atoms with van der Waals surface area (Å²) in [6, 6.07) is 5.18. The zero-order valence-corrected chi connectivity index (χ0v) is 12.9. The molecule has 0 unspecified atom stereocenters. The third-order valence-electron chi connectivity index (χ3n) is 3.82. The highest BCUT2D eigenvalue weighted by molar-refractivity contribution is 7.89. The summed E-state index contributed by atoms with van der Waals surface area (Å²) in [4.78, 5) is 4.34. The van der Waals surface area contributed by atoms with E-state index in [9.17, 15) is 8.42 Å². The van der Waals surface area contributed by atoms with Crippen LogP contribution in [0.2, 0.25) is 0 Å². The molecule has 0 spiro atoms. The summed E-state index contributed by atoms with van der Waals surface area (Å²) in [7, 11) is -3.57. The van der Waals surface area contributed by atoms with E-state index in [-0.39, 0.29) is 4.90 Å². The molecule has 1 aromatic heterocycles. The molecule has 1 aliphatic heterocycles. The monoisotopic (exact) mass is 315 g/mol. The molecule has 1 fully saturated rings. The van der Waals surface area contributed by atoms with E-state index in [2.05, 4.69) is 16.2 Å². The van der Waals surface area contributed by atoms with E-state index in [1.54, 1.807) is 18.3 Å². The van der Waals surface area contributed by atoms with E-state index in [1.807, 2.05) is 6.07 Å². The molecule has 1 aliphatic rings. The molecule has 0 amide bonds. The Kier molecular flexibility index (Phi) is 4.12. The maximum absolute atomic E-state index is 13.0. The smallest absolute Gasteiger partial charge is 0.243 e. The van der Waals surface area contributed by atoms with Crippen LogP contribution in [0.1, 0.15) is 12.0 Å². The minimum Gasteiger partial charge on any atom is -0.315 e. The van der Waals surface area contributed by atoms with E-state index in [1.165, 1.54) is 10.5 Å². The first-order valence-electron chi connectivity index (χ1n) is 7.19. The molecule has 0 atom stereocenters. The van der Waals surface area contributed by atoms with Gasteiger partial charge in [-0.15, -0.1) is 6.42 Å². The molecule has 3 rings (SSSR count). The minimum absolute atomic E-state index is 0.266. The zero-order valence-electron chi connectivity index (χ0n) is 12.1. The Balaban J connectivity index is 2.19. The molecule has 1 N–H and O–H groups in total. The number of aromatic nitrogens is 1. The summed E-state index contributed by atoms with van der Waals surface area (Å²) in [5.74, 6) is 2.54. The number of nitrogens with one attached hydrogen (secondary N) is 1. The highest BCUT2D eigenvalue weighted by atomic mass is 32.2. The first-order chi connectivity index (χ1) is 10.6. The van der Waals surface area contributed by atoms with Crippen LogP contribution in [0.25, 0.3) is 10.8 Å². The van der Waals surface area contributed by atoms with Crippen molar-refractivity contribution < 1.29 is 8.42 Å². The Morgan fingerprint density at radius 1 is 1.23 bits per heavy atom. The second-order valence-corrected chi connectivity index (χ2v) is 7.10. The molecule has 0 saturated carbocycles. The van der Waals surface area contributed by atoms with Crippen molar-refractivity contribution in [1.82, 2.24) is 14.6 Å². The first-order valence-corrected chi connectivity index (χ1v) is 8.63. The normalized spacial score (nSPS) is 17.0. The van der Waals surface area contributed by atoms with Crippen molar-refractivity contribution >= 4 is 20.8 Å². The maximum Gasteiger partial charge on any atom is 0.243 e. The molecule has 2 heterocycles. The molecule has 6 heteroatoms. The lowest BCUT2D eigenvalue weighted by molar-refractivity contribution is 0.432. The summed E-state index contributed by atoms with van der Waals surface area (Å²) in [5, 5.41) is 4.53. The van der Waals surface area contributed by atoms with Crippen LogP contribution < -0.4 is 5.32 Å². The summed E-state index contributed by atoms with van der Waals surface area (Å²) in [6.07, 6.45) is 9.49. The van der Waals surface area contributed by atoms with E-state index in [4.69, 9.17) is 6.42 Å². The highest BCUT2D eigenvalue weighted by Gasteiger charge is 2.27. The van der Waals surface area contributed by atoms with Gasteiger partial charge >= 0.3 is 0 Å². The fraction of sp³-hybridized carbons (Fsp3) is 0.312. The van der Waals surface area contributed by atoms with Crippen LogP contribution in [0.5, 0.6) is 0 Å². The van der Waals surface area contributed by atoms with E-state index in [0.717, 1.165) is 18.4 Å². The number of nitrogens with zero attached hydrogens (tertiary/aromatic N) is 2. The second kappa shape index (κ2) is 6.05. The summed E-state index contributed by atoms with van der Waals surface area (Å²) in [6.45, 7) is 2.48. The van der Waals surface area contributed by atoms with Gasteiger partial charge in [-0.1, -0.05) is 18.1 Å². The van der Waals surface area contributed by atoms with Gasteiger partial charge in [0.1, 0.15) is 0 Å². The standard InChI is InChI=1S/C16H17N3O2S/c1-2-13-11-18-12-14-5-3-6-15(16(13)14)22(20,21)19-9-4-7-17-8-10-19/h1,3,5-6,11-12,17H,4,7-10H2. The van der Waals surface area contributed by atoms with Gasteiger partial charge in [0.15, 0.2) is 0 Å². The summed E-state index contributed by atoms with van der Waals surface area (Å²) < 4.78 is 27.6. The second-order valence-electron chi connectivity index (χ2n) is 5.19. The number of terminal acetylenes is 1. The topological polar surface area (TPSA) is 62.3 Å². The van der Waals surface area contributed by atoms with Gasteiger partial charge in [0.05, 0.1) is 10.5 Å². The number of hydrogen-bond acceptors (Lipinski definition) is 4. The Bertz CT molecular complexity index is 827. The van der Waals surface area contributed by atoms with Gasteiger partial charge in [-0.05, 0) is 19.0 Å². The fourth-order valence-corrected chi connectivity index (χ4v) is 4.44. The molecule has 0 aliphatic carbocycles.